The van der Waals surface area contributed by atoms with E-state index in [1.165, 1.54) is 103 Å². The molecule has 1 nitrogen and oxygen atoms in total. The average molecular weight is 472 g/mol. The lowest BCUT2D eigenvalue weighted by molar-refractivity contribution is -0.146. The fourth-order valence-electron chi connectivity index (χ4n) is 4.17. The van der Waals surface area contributed by atoms with E-state index in [0.717, 1.165) is 25.7 Å². The van der Waals surface area contributed by atoms with Crippen LogP contribution in [0.1, 0.15) is 142 Å². The number of rotatable bonds is 23. The number of halogens is 4. The first-order valence-electron chi connectivity index (χ1n) is 13.3. The number of alkyl halides is 3. The zero-order chi connectivity index (χ0) is 22.3. The van der Waals surface area contributed by atoms with Gasteiger partial charge in [-0.25, -0.2) is 0 Å². The van der Waals surface area contributed by atoms with Crippen LogP contribution in [0, 0.1) is 0 Å². The normalized spacial score (nSPS) is 11.8. The number of nitrogens with zero attached hydrogens (tertiary/aromatic N) is 1. The molecule has 190 valence electrons. The minimum atomic E-state index is -4.07. The van der Waals surface area contributed by atoms with Crippen molar-refractivity contribution < 1.29 is 13.2 Å². The van der Waals surface area contributed by atoms with Crippen LogP contribution in [-0.2, 0) is 0 Å². The Kier molecular flexibility index (Phi) is 26.4. The molecule has 0 saturated heterocycles. The lowest BCUT2D eigenvalue weighted by Crippen LogP contribution is -2.35. The molecule has 0 N–H and O–H groups in total. The summed E-state index contributed by atoms with van der Waals surface area (Å²) in [5.74, 6) is 0. The second kappa shape index (κ2) is 24.7. The van der Waals surface area contributed by atoms with Crippen LogP contribution >= 0.6 is 12.4 Å². The van der Waals surface area contributed by atoms with Crippen molar-refractivity contribution in [3.8, 4) is 0 Å². The SMILES string of the molecule is CCCCCCCCCCCCN(CCCCCCCCCCCC)CC(F)(F)F.Cl. The summed E-state index contributed by atoms with van der Waals surface area (Å²) in [4.78, 5) is 1.65. The van der Waals surface area contributed by atoms with Crippen molar-refractivity contribution in [3.63, 3.8) is 0 Å². The second-order valence-electron chi connectivity index (χ2n) is 9.26. The molecule has 0 aliphatic carbocycles. The maximum atomic E-state index is 12.9. The highest BCUT2D eigenvalue weighted by molar-refractivity contribution is 5.85. The number of unbranched alkanes of at least 4 members (excludes halogenated alkanes) is 18. The molecule has 31 heavy (non-hydrogen) atoms. The van der Waals surface area contributed by atoms with Gasteiger partial charge in [-0.05, 0) is 25.9 Å². The first kappa shape index (κ1) is 33.2. The molecular weight excluding hydrogens is 419 g/mol. The minimum absolute atomic E-state index is 0. The molecule has 0 amide bonds. The number of hydrogen-bond acceptors (Lipinski definition) is 1. The topological polar surface area (TPSA) is 3.24 Å². The highest BCUT2D eigenvalue weighted by Gasteiger charge is 2.30. The maximum Gasteiger partial charge on any atom is 0.401 e. The van der Waals surface area contributed by atoms with Crippen LogP contribution < -0.4 is 0 Å². The summed E-state index contributed by atoms with van der Waals surface area (Å²) in [7, 11) is 0. The van der Waals surface area contributed by atoms with Gasteiger partial charge in [-0.2, -0.15) is 13.2 Å². The largest absolute Gasteiger partial charge is 0.401 e. The van der Waals surface area contributed by atoms with Crippen LogP contribution in [0.15, 0.2) is 0 Å². The van der Waals surface area contributed by atoms with Crippen LogP contribution in [0.5, 0.6) is 0 Å². The van der Waals surface area contributed by atoms with E-state index in [-0.39, 0.29) is 12.4 Å². The Bertz CT molecular complexity index is 313. The van der Waals surface area contributed by atoms with Gasteiger partial charge in [0.15, 0.2) is 0 Å². The summed E-state index contributed by atoms with van der Waals surface area (Å²) in [5, 5.41) is 0. The first-order chi connectivity index (χ1) is 14.5. The smallest absolute Gasteiger partial charge is 0.295 e. The molecule has 0 aromatic carbocycles. The van der Waals surface area contributed by atoms with Gasteiger partial charge in [-0.15, -0.1) is 12.4 Å². The third kappa shape index (κ3) is 28.0. The highest BCUT2D eigenvalue weighted by atomic mass is 35.5. The molecule has 0 aromatic rings. The monoisotopic (exact) mass is 471 g/mol. The van der Waals surface area contributed by atoms with E-state index in [4.69, 9.17) is 0 Å². The molecule has 0 unspecified atom stereocenters. The predicted molar refractivity (Wildman–Crippen MR) is 133 cm³/mol. The van der Waals surface area contributed by atoms with Gasteiger partial charge in [0.1, 0.15) is 0 Å². The fraction of sp³-hybridized carbons (Fsp3) is 1.00. The Morgan fingerprint density at radius 3 is 0.968 bits per heavy atom. The van der Waals surface area contributed by atoms with Crippen molar-refractivity contribution in [1.29, 1.82) is 0 Å². The van der Waals surface area contributed by atoms with Gasteiger partial charge < -0.3 is 0 Å². The molecule has 0 fully saturated rings. The van der Waals surface area contributed by atoms with Crippen molar-refractivity contribution in [2.75, 3.05) is 19.6 Å². The molecular formula is C26H53ClF3N. The summed E-state index contributed by atoms with van der Waals surface area (Å²) in [6.45, 7) is 4.94. The van der Waals surface area contributed by atoms with Crippen molar-refractivity contribution in [2.24, 2.45) is 0 Å². The van der Waals surface area contributed by atoms with Crippen LogP contribution in [0.25, 0.3) is 0 Å². The minimum Gasteiger partial charge on any atom is -0.295 e. The summed E-state index contributed by atoms with van der Waals surface area (Å²) in [6.07, 6.45) is 20.5. The molecule has 0 heterocycles. The maximum absolute atomic E-state index is 12.9. The number of hydrogen-bond donors (Lipinski definition) is 0. The average Bonchev–Trinajstić information content (AvgIpc) is 2.69. The lowest BCUT2D eigenvalue weighted by atomic mass is 10.1. The molecule has 0 aliphatic heterocycles. The Morgan fingerprint density at radius 2 is 0.710 bits per heavy atom. The molecule has 5 heteroatoms. The standard InChI is InChI=1S/C26H52F3N.ClH/c1-3-5-7-9-11-13-15-17-19-21-23-30(25-26(27,28)29)24-22-20-18-16-14-12-10-8-6-4-2;/h3-25H2,1-2H3;1H. The second-order valence-corrected chi connectivity index (χ2v) is 9.26. The molecule has 0 bridgehead atoms. The van der Waals surface area contributed by atoms with E-state index < -0.39 is 12.7 Å². The first-order valence-corrected chi connectivity index (χ1v) is 13.3. The van der Waals surface area contributed by atoms with E-state index >= 15 is 0 Å². The molecule has 0 rings (SSSR count). The van der Waals surface area contributed by atoms with E-state index in [2.05, 4.69) is 13.8 Å². The Hall–Kier alpha value is 0.0400. The van der Waals surface area contributed by atoms with E-state index in [1.807, 2.05) is 0 Å². The van der Waals surface area contributed by atoms with Crippen molar-refractivity contribution >= 4 is 12.4 Å². The Morgan fingerprint density at radius 1 is 0.452 bits per heavy atom. The third-order valence-corrected chi connectivity index (χ3v) is 6.06. The van der Waals surface area contributed by atoms with Gasteiger partial charge in [-0.3, -0.25) is 4.90 Å². The molecule has 0 atom stereocenters. The van der Waals surface area contributed by atoms with Crippen LogP contribution in [0.2, 0.25) is 0 Å². The van der Waals surface area contributed by atoms with Gasteiger partial charge in [-0.1, -0.05) is 129 Å². The van der Waals surface area contributed by atoms with Crippen molar-refractivity contribution in [1.82, 2.24) is 4.90 Å². The summed E-state index contributed by atoms with van der Waals surface area (Å²) < 4.78 is 38.6. The predicted octanol–water partition coefficient (Wildman–Crippen LogP) is 10.1. The van der Waals surface area contributed by atoms with Gasteiger partial charge >= 0.3 is 6.18 Å². The van der Waals surface area contributed by atoms with Crippen molar-refractivity contribution in [2.45, 2.75) is 148 Å². The van der Waals surface area contributed by atoms with E-state index in [1.54, 1.807) is 4.90 Å². The zero-order valence-electron chi connectivity index (χ0n) is 20.8. The Labute approximate surface area is 198 Å². The van der Waals surface area contributed by atoms with Gasteiger partial charge in [0.25, 0.3) is 0 Å². The molecule has 0 saturated carbocycles. The summed E-state index contributed by atoms with van der Waals surface area (Å²) in [6, 6.07) is 0. The molecule has 0 radical (unpaired) electrons. The molecule has 0 spiro atoms. The van der Waals surface area contributed by atoms with E-state index in [0.29, 0.717) is 13.1 Å². The van der Waals surface area contributed by atoms with Crippen LogP contribution in [0.3, 0.4) is 0 Å². The zero-order valence-corrected chi connectivity index (χ0v) is 21.6. The third-order valence-electron chi connectivity index (χ3n) is 6.06. The molecule has 0 aromatic heterocycles. The van der Waals surface area contributed by atoms with E-state index in [9.17, 15) is 13.2 Å². The van der Waals surface area contributed by atoms with Gasteiger partial charge in [0.05, 0.1) is 6.54 Å². The van der Waals surface area contributed by atoms with Gasteiger partial charge in [0.2, 0.25) is 0 Å². The quantitative estimate of drug-likeness (QED) is 0.134. The fourth-order valence-corrected chi connectivity index (χ4v) is 4.17. The highest BCUT2D eigenvalue weighted by Crippen LogP contribution is 2.18. The van der Waals surface area contributed by atoms with Gasteiger partial charge in [0, 0.05) is 0 Å². The van der Waals surface area contributed by atoms with Crippen LogP contribution in [0.4, 0.5) is 13.2 Å². The summed E-state index contributed by atoms with van der Waals surface area (Å²) >= 11 is 0. The van der Waals surface area contributed by atoms with Crippen LogP contribution in [-0.4, -0.2) is 30.7 Å². The Balaban J connectivity index is 0. The summed E-state index contributed by atoms with van der Waals surface area (Å²) in [5.41, 5.74) is 0. The molecule has 0 aliphatic rings. The lowest BCUT2D eigenvalue weighted by Gasteiger charge is -2.23. The van der Waals surface area contributed by atoms with Crippen molar-refractivity contribution in [3.05, 3.63) is 0 Å².